The van der Waals surface area contributed by atoms with Crippen LogP contribution in [0.4, 0.5) is 0 Å². The zero-order valence-electron chi connectivity index (χ0n) is 13.5. The van der Waals surface area contributed by atoms with Gasteiger partial charge in [0.25, 0.3) is 0 Å². The van der Waals surface area contributed by atoms with Crippen molar-refractivity contribution in [3.05, 3.63) is 82.9 Å². The molecule has 3 aromatic carbocycles. The van der Waals surface area contributed by atoms with Gasteiger partial charge in [-0.05, 0) is 53.3 Å². The van der Waals surface area contributed by atoms with E-state index in [1.54, 1.807) is 6.08 Å². The Morgan fingerprint density at radius 2 is 1.92 bits per heavy atom. The molecule has 0 fully saturated rings. The molecule has 0 amide bonds. The van der Waals surface area contributed by atoms with Crippen LogP contribution in [-0.2, 0) is 6.61 Å². The summed E-state index contributed by atoms with van der Waals surface area (Å²) in [7, 11) is 0. The van der Waals surface area contributed by atoms with E-state index in [0.29, 0.717) is 6.61 Å². The van der Waals surface area contributed by atoms with E-state index >= 15 is 0 Å². The summed E-state index contributed by atoms with van der Waals surface area (Å²) < 4.78 is 5.92. The molecule has 0 radical (unpaired) electrons. The van der Waals surface area contributed by atoms with Crippen molar-refractivity contribution in [3.63, 3.8) is 0 Å². The predicted molar refractivity (Wildman–Crippen MR) is 100 cm³/mol. The van der Waals surface area contributed by atoms with Crippen LogP contribution in [-0.4, -0.2) is 11.7 Å². The zero-order chi connectivity index (χ0) is 16.9. The first-order chi connectivity index (χ1) is 11.7. The molecule has 0 aliphatic heterocycles. The lowest BCUT2D eigenvalue weighted by Gasteiger charge is -2.10. The van der Waals surface area contributed by atoms with Gasteiger partial charge in [0.05, 0.1) is 6.61 Å². The summed E-state index contributed by atoms with van der Waals surface area (Å²) in [6.45, 7) is 2.51. The lowest BCUT2D eigenvalue weighted by molar-refractivity contribution is 0.306. The van der Waals surface area contributed by atoms with Gasteiger partial charge >= 0.3 is 0 Å². The number of benzene rings is 3. The number of halogens is 1. The topological polar surface area (TPSA) is 29.5 Å². The first-order valence-electron chi connectivity index (χ1n) is 7.85. The fourth-order valence-electron chi connectivity index (χ4n) is 2.64. The first-order valence-corrected chi connectivity index (χ1v) is 8.23. The van der Waals surface area contributed by atoms with Crippen molar-refractivity contribution >= 4 is 27.9 Å². The Balaban J connectivity index is 1.76. The Labute approximate surface area is 147 Å². The standard InChI is InChI=1S/C21H19ClO2/c1-15(10-11-23)17-4-2-6-19(13-17)24-14-16-8-9-20-18(12-16)5-3-7-21(20)22/h2-10,12-13,23H,11,14H2,1H3/b15-10+. The fourth-order valence-corrected chi connectivity index (χ4v) is 2.88. The summed E-state index contributed by atoms with van der Waals surface area (Å²) in [6, 6.07) is 20.0. The number of aliphatic hydroxyl groups is 1. The Bertz CT molecular complexity index is 884. The zero-order valence-corrected chi connectivity index (χ0v) is 14.3. The number of ether oxygens (including phenoxy) is 1. The maximum absolute atomic E-state index is 9.01. The minimum atomic E-state index is 0.0383. The summed E-state index contributed by atoms with van der Waals surface area (Å²) in [5.41, 5.74) is 3.17. The van der Waals surface area contributed by atoms with Gasteiger partial charge in [0.1, 0.15) is 12.4 Å². The van der Waals surface area contributed by atoms with Crippen LogP contribution in [0.3, 0.4) is 0 Å². The molecule has 0 saturated carbocycles. The molecule has 0 bridgehead atoms. The van der Waals surface area contributed by atoms with E-state index in [1.807, 2.05) is 61.5 Å². The third-order valence-electron chi connectivity index (χ3n) is 3.98. The molecule has 0 atom stereocenters. The Morgan fingerprint density at radius 3 is 2.75 bits per heavy atom. The quantitative estimate of drug-likeness (QED) is 0.668. The number of aliphatic hydroxyl groups excluding tert-OH is 1. The summed E-state index contributed by atoms with van der Waals surface area (Å²) in [6.07, 6.45) is 1.78. The van der Waals surface area contributed by atoms with Crippen LogP contribution in [0, 0.1) is 0 Å². The highest BCUT2D eigenvalue weighted by Gasteiger charge is 2.03. The maximum atomic E-state index is 9.01. The third-order valence-corrected chi connectivity index (χ3v) is 4.31. The Kier molecular flexibility index (Phi) is 5.19. The van der Waals surface area contributed by atoms with Gasteiger partial charge in [0, 0.05) is 10.4 Å². The molecule has 2 nitrogen and oxygen atoms in total. The van der Waals surface area contributed by atoms with Crippen LogP contribution >= 0.6 is 11.6 Å². The van der Waals surface area contributed by atoms with Crippen LogP contribution in [0.1, 0.15) is 18.1 Å². The van der Waals surface area contributed by atoms with Crippen molar-refractivity contribution in [2.75, 3.05) is 6.61 Å². The van der Waals surface area contributed by atoms with E-state index in [4.69, 9.17) is 21.4 Å². The van der Waals surface area contributed by atoms with Crippen molar-refractivity contribution in [1.82, 2.24) is 0 Å². The smallest absolute Gasteiger partial charge is 0.120 e. The highest BCUT2D eigenvalue weighted by atomic mass is 35.5. The third kappa shape index (κ3) is 3.78. The molecular formula is C21H19ClO2. The van der Waals surface area contributed by atoms with Crippen molar-refractivity contribution in [1.29, 1.82) is 0 Å². The van der Waals surface area contributed by atoms with Gasteiger partial charge in [-0.25, -0.2) is 0 Å². The van der Waals surface area contributed by atoms with Gasteiger partial charge < -0.3 is 9.84 Å². The molecule has 0 aliphatic carbocycles. The van der Waals surface area contributed by atoms with Crippen LogP contribution < -0.4 is 4.74 Å². The fraction of sp³-hybridized carbons (Fsp3) is 0.143. The molecule has 24 heavy (non-hydrogen) atoms. The van der Waals surface area contributed by atoms with E-state index in [9.17, 15) is 0 Å². The predicted octanol–water partition coefficient (Wildman–Crippen LogP) is 5.47. The molecule has 3 aromatic rings. The van der Waals surface area contributed by atoms with Gasteiger partial charge in [0.15, 0.2) is 0 Å². The molecule has 3 heteroatoms. The molecule has 0 unspecified atom stereocenters. The van der Waals surface area contributed by atoms with Crippen LogP contribution in [0.5, 0.6) is 5.75 Å². The number of fused-ring (bicyclic) bond motifs is 1. The largest absolute Gasteiger partial charge is 0.489 e. The van der Waals surface area contributed by atoms with Gasteiger partial charge in [-0.3, -0.25) is 0 Å². The van der Waals surface area contributed by atoms with Crippen molar-refractivity contribution in [3.8, 4) is 5.75 Å². The Morgan fingerprint density at radius 1 is 1.08 bits per heavy atom. The summed E-state index contributed by atoms with van der Waals surface area (Å²) >= 11 is 6.20. The van der Waals surface area contributed by atoms with Gasteiger partial charge in [-0.15, -0.1) is 0 Å². The van der Waals surface area contributed by atoms with Crippen LogP contribution in [0.2, 0.25) is 5.02 Å². The summed E-state index contributed by atoms with van der Waals surface area (Å²) in [4.78, 5) is 0. The molecular weight excluding hydrogens is 320 g/mol. The molecule has 1 N–H and O–H groups in total. The second-order valence-corrected chi connectivity index (χ2v) is 6.09. The number of hydrogen-bond donors (Lipinski definition) is 1. The van der Waals surface area contributed by atoms with Crippen molar-refractivity contribution < 1.29 is 9.84 Å². The monoisotopic (exact) mass is 338 g/mol. The molecule has 122 valence electrons. The number of hydrogen-bond acceptors (Lipinski definition) is 2. The second-order valence-electron chi connectivity index (χ2n) is 5.68. The normalized spacial score (nSPS) is 11.7. The van der Waals surface area contributed by atoms with Crippen molar-refractivity contribution in [2.45, 2.75) is 13.5 Å². The van der Waals surface area contributed by atoms with Gasteiger partial charge in [-0.1, -0.05) is 54.1 Å². The summed E-state index contributed by atoms with van der Waals surface area (Å²) in [5.74, 6) is 0.810. The van der Waals surface area contributed by atoms with Crippen LogP contribution in [0.15, 0.2) is 66.7 Å². The van der Waals surface area contributed by atoms with E-state index in [2.05, 4.69) is 6.07 Å². The molecule has 0 aliphatic rings. The Hall–Kier alpha value is -2.29. The van der Waals surface area contributed by atoms with Crippen molar-refractivity contribution in [2.24, 2.45) is 0 Å². The minimum absolute atomic E-state index is 0.0383. The average Bonchev–Trinajstić information content (AvgIpc) is 2.60. The van der Waals surface area contributed by atoms with Gasteiger partial charge in [-0.2, -0.15) is 0 Å². The number of rotatable bonds is 5. The second kappa shape index (κ2) is 7.52. The number of allylic oxidation sites excluding steroid dienone is 1. The SMILES string of the molecule is C/C(=C\CO)c1cccc(OCc2ccc3c(Cl)cccc3c2)c1. The molecule has 0 heterocycles. The minimum Gasteiger partial charge on any atom is -0.489 e. The molecule has 0 saturated heterocycles. The highest BCUT2D eigenvalue weighted by molar-refractivity contribution is 6.35. The molecule has 0 aromatic heterocycles. The first kappa shape index (κ1) is 16.6. The average molecular weight is 339 g/mol. The van der Waals surface area contributed by atoms with E-state index < -0.39 is 0 Å². The van der Waals surface area contributed by atoms with Crippen LogP contribution in [0.25, 0.3) is 16.3 Å². The molecule has 0 spiro atoms. The molecule has 3 rings (SSSR count). The maximum Gasteiger partial charge on any atom is 0.120 e. The highest BCUT2D eigenvalue weighted by Crippen LogP contribution is 2.25. The lowest BCUT2D eigenvalue weighted by Crippen LogP contribution is -1.96. The lowest BCUT2D eigenvalue weighted by atomic mass is 10.1. The van der Waals surface area contributed by atoms with E-state index in [1.165, 1.54) is 0 Å². The van der Waals surface area contributed by atoms with E-state index in [-0.39, 0.29) is 6.61 Å². The van der Waals surface area contributed by atoms with Gasteiger partial charge in [0.2, 0.25) is 0 Å². The van der Waals surface area contributed by atoms with E-state index in [0.717, 1.165) is 38.2 Å². The summed E-state index contributed by atoms with van der Waals surface area (Å²) in [5, 5.41) is 11.9.